The third-order valence-corrected chi connectivity index (χ3v) is 5.54. The van der Waals surface area contributed by atoms with Crippen molar-refractivity contribution in [3.63, 3.8) is 0 Å². The van der Waals surface area contributed by atoms with E-state index in [-0.39, 0.29) is 5.91 Å². The van der Waals surface area contributed by atoms with Crippen LogP contribution in [-0.2, 0) is 24.2 Å². The molecule has 1 amide bonds. The Morgan fingerprint density at radius 1 is 1.04 bits per heavy atom. The number of rotatable bonds is 6. The third-order valence-electron chi connectivity index (χ3n) is 4.67. The van der Waals surface area contributed by atoms with Gasteiger partial charge in [-0.2, -0.15) is 0 Å². The maximum absolute atomic E-state index is 13.2. The molecule has 4 rings (SSSR count). The fourth-order valence-electron chi connectivity index (χ4n) is 3.29. The number of nitrogens with zero attached hydrogens (tertiary/aromatic N) is 1. The highest BCUT2D eigenvalue weighted by Crippen LogP contribution is 2.29. The number of thiophene rings is 1. The first-order chi connectivity index (χ1) is 12.8. The molecule has 0 saturated carbocycles. The molecule has 2 heterocycles. The number of amides is 1. The van der Waals surface area contributed by atoms with Crippen LogP contribution in [0.4, 0.5) is 0 Å². The van der Waals surface area contributed by atoms with Crippen molar-refractivity contribution in [2.45, 2.75) is 25.5 Å². The molecule has 1 aliphatic rings. The summed E-state index contributed by atoms with van der Waals surface area (Å²) in [5, 5.41) is 2.05. The van der Waals surface area contributed by atoms with Crippen molar-refractivity contribution >= 4 is 17.2 Å². The fraction of sp³-hybridized carbons (Fsp3) is 0.227. The van der Waals surface area contributed by atoms with Crippen LogP contribution < -0.4 is 4.74 Å². The number of para-hydroxylation sites is 1. The van der Waals surface area contributed by atoms with Gasteiger partial charge in [0.15, 0.2) is 6.10 Å². The summed E-state index contributed by atoms with van der Waals surface area (Å²) >= 11 is 1.69. The van der Waals surface area contributed by atoms with Gasteiger partial charge in [0.25, 0.3) is 5.91 Å². The molecular formula is C22H21NO2S. The molecule has 0 radical (unpaired) electrons. The largest absolute Gasteiger partial charge is 0.480 e. The van der Waals surface area contributed by atoms with E-state index in [1.54, 1.807) is 11.3 Å². The first-order valence-corrected chi connectivity index (χ1v) is 9.77. The van der Waals surface area contributed by atoms with Crippen LogP contribution in [-0.4, -0.2) is 23.5 Å². The highest BCUT2D eigenvalue weighted by atomic mass is 32.1. The van der Waals surface area contributed by atoms with E-state index < -0.39 is 6.10 Å². The average Bonchev–Trinajstić information content (AvgIpc) is 3.34. The zero-order valence-corrected chi connectivity index (χ0v) is 15.3. The van der Waals surface area contributed by atoms with Gasteiger partial charge < -0.3 is 9.64 Å². The molecule has 1 aromatic heterocycles. The standard InChI is InChI=1S/C22H21NO2S/c24-22(21-15-18-9-4-5-11-20(18)25-21)23(16-19-10-6-14-26-19)13-12-17-7-2-1-3-8-17/h1-11,14,21H,12-13,15-16H2. The zero-order valence-electron chi connectivity index (χ0n) is 14.5. The maximum atomic E-state index is 13.2. The Balaban J connectivity index is 1.47. The molecule has 0 fully saturated rings. The molecule has 1 aliphatic heterocycles. The summed E-state index contributed by atoms with van der Waals surface area (Å²) in [6, 6.07) is 22.3. The summed E-state index contributed by atoms with van der Waals surface area (Å²) in [5.74, 6) is 0.913. The second-order valence-corrected chi connectivity index (χ2v) is 7.53. The normalized spacial score (nSPS) is 15.3. The number of hydrogen-bond acceptors (Lipinski definition) is 3. The molecule has 2 aromatic carbocycles. The van der Waals surface area contributed by atoms with Crippen LogP contribution >= 0.6 is 11.3 Å². The fourth-order valence-corrected chi connectivity index (χ4v) is 4.01. The number of carbonyl (C=O) groups excluding carboxylic acids is 1. The molecular weight excluding hydrogens is 342 g/mol. The van der Waals surface area contributed by atoms with Crippen molar-refractivity contribution in [1.82, 2.24) is 4.90 Å². The molecule has 26 heavy (non-hydrogen) atoms. The summed E-state index contributed by atoms with van der Waals surface area (Å²) in [5.41, 5.74) is 2.36. The number of benzene rings is 2. The van der Waals surface area contributed by atoms with Crippen molar-refractivity contribution in [3.8, 4) is 5.75 Å². The monoisotopic (exact) mass is 363 g/mol. The lowest BCUT2D eigenvalue weighted by atomic mass is 10.1. The Hall–Kier alpha value is -2.59. The molecule has 4 heteroatoms. The predicted octanol–water partition coefficient (Wildman–Crippen LogP) is 4.32. The molecule has 1 unspecified atom stereocenters. The highest BCUT2D eigenvalue weighted by Gasteiger charge is 2.32. The van der Waals surface area contributed by atoms with Crippen LogP contribution in [0.2, 0.25) is 0 Å². The SMILES string of the molecule is O=C(C1Cc2ccccc2O1)N(CCc1ccccc1)Cc1cccs1. The van der Waals surface area contributed by atoms with E-state index in [0.717, 1.165) is 17.7 Å². The Labute approximate surface area is 157 Å². The maximum Gasteiger partial charge on any atom is 0.264 e. The molecule has 0 bridgehead atoms. The summed E-state index contributed by atoms with van der Waals surface area (Å²) in [4.78, 5) is 16.3. The van der Waals surface area contributed by atoms with E-state index in [0.29, 0.717) is 19.5 Å². The van der Waals surface area contributed by atoms with Crippen molar-refractivity contribution < 1.29 is 9.53 Å². The van der Waals surface area contributed by atoms with Gasteiger partial charge in [-0.25, -0.2) is 0 Å². The van der Waals surface area contributed by atoms with Gasteiger partial charge in [0, 0.05) is 17.8 Å². The zero-order chi connectivity index (χ0) is 17.8. The van der Waals surface area contributed by atoms with Crippen molar-refractivity contribution in [1.29, 1.82) is 0 Å². The van der Waals surface area contributed by atoms with Gasteiger partial charge in [0.1, 0.15) is 5.75 Å². The third kappa shape index (κ3) is 3.81. The summed E-state index contributed by atoms with van der Waals surface area (Å²) < 4.78 is 5.93. The van der Waals surface area contributed by atoms with Crippen molar-refractivity contribution in [2.24, 2.45) is 0 Å². The molecule has 1 atom stereocenters. The van der Waals surface area contributed by atoms with Crippen LogP contribution in [0.25, 0.3) is 0 Å². The summed E-state index contributed by atoms with van der Waals surface area (Å²) in [6.45, 7) is 1.33. The van der Waals surface area contributed by atoms with Gasteiger partial charge in [-0.15, -0.1) is 11.3 Å². The lowest BCUT2D eigenvalue weighted by molar-refractivity contribution is -0.138. The first kappa shape index (κ1) is 16.9. The molecule has 3 aromatic rings. The summed E-state index contributed by atoms with van der Waals surface area (Å²) in [6.07, 6.45) is 1.09. The molecule has 132 valence electrons. The lowest BCUT2D eigenvalue weighted by Crippen LogP contribution is -2.41. The topological polar surface area (TPSA) is 29.5 Å². The van der Waals surface area contributed by atoms with Crippen LogP contribution in [0.1, 0.15) is 16.0 Å². The van der Waals surface area contributed by atoms with Gasteiger partial charge in [-0.3, -0.25) is 4.79 Å². The summed E-state index contributed by atoms with van der Waals surface area (Å²) in [7, 11) is 0. The molecule has 0 saturated heterocycles. The van der Waals surface area contributed by atoms with Gasteiger partial charge in [0.05, 0.1) is 6.54 Å². The smallest absolute Gasteiger partial charge is 0.264 e. The van der Waals surface area contributed by atoms with Crippen molar-refractivity contribution in [3.05, 3.63) is 88.1 Å². The number of carbonyl (C=O) groups is 1. The molecule has 3 nitrogen and oxygen atoms in total. The minimum atomic E-state index is -0.414. The van der Waals surface area contributed by atoms with Gasteiger partial charge >= 0.3 is 0 Å². The van der Waals surface area contributed by atoms with E-state index in [9.17, 15) is 4.79 Å². The van der Waals surface area contributed by atoms with E-state index >= 15 is 0 Å². The van der Waals surface area contributed by atoms with Crippen molar-refractivity contribution in [2.75, 3.05) is 6.54 Å². The van der Waals surface area contributed by atoms with Crippen LogP contribution in [0.15, 0.2) is 72.1 Å². The van der Waals surface area contributed by atoms with Gasteiger partial charge in [-0.1, -0.05) is 54.6 Å². The van der Waals surface area contributed by atoms with E-state index in [1.807, 2.05) is 53.4 Å². The van der Waals surface area contributed by atoms with E-state index in [4.69, 9.17) is 4.74 Å². The average molecular weight is 363 g/mol. The minimum Gasteiger partial charge on any atom is -0.480 e. The number of ether oxygens (including phenoxy) is 1. The molecule has 0 aliphatic carbocycles. The second kappa shape index (κ2) is 7.75. The highest BCUT2D eigenvalue weighted by molar-refractivity contribution is 7.09. The molecule has 0 N–H and O–H groups in total. The minimum absolute atomic E-state index is 0.0746. The Morgan fingerprint density at radius 2 is 1.85 bits per heavy atom. The van der Waals surface area contributed by atoms with E-state index in [2.05, 4.69) is 23.6 Å². The molecule has 0 spiro atoms. The van der Waals surface area contributed by atoms with Crippen LogP contribution in [0.5, 0.6) is 5.75 Å². The quantitative estimate of drug-likeness (QED) is 0.653. The Bertz CT molecular complexity index is 836. The Kier molecular flexibility index (Phi) is 5.02. The lowest BCUT2D eigenvalue weighted by Gasteiger charge is -2.25. The number of fused-ring (bicyclic) bond motifs is 1. The second-order valence-electron chi connectivity index (χ2n) is 6.49. The van der Waals surface area contributed by atoms with Gasteiger partial charge in [-0.05, 0) is 35.1 Å². The van der Waals surface area contributed by atoms with Gasteiger partial charge in [0.2, 0.25) is 0 Å². The first-order valence-electron chi connectivity index (χ1n) is 8.89. The van der Waals surface area contributed by atoms with E-state index in [1.165, 1.54) is 10.4 Å². The van der Waals surface area contributed by atoms with Crippen LogP contribution in [0, 0.1) is 0 Å². The van der Waals surface area contributed by atoms with Crippen LogP contribution in [0.3, 0.4) is 0 Å². The predicted molar refractivity (Wildman–Crippen MR) is 104 cm³/mol. The Morgan fingerprint density at radius 3 is 2.62 bits per heavy atom. The number of hydrogen-bond donors (Lipinski definition) is 0.